The Morgan fingerprint density at radius 2 is 1.67 bits per heavy atom. The molecule has 0 unspecified atom stereocenters. The van der Waals surface area contributed by atoms with E-state index in [9.17, 15) is 13.2 Å². The van der Waals surface area contributed by atoms with Crippen molar-refractivity contribution in [3.8, 4) is 11.4 Å². The zero-order chi connectivity index (χ0) is 13.3. The number of benzene rings is 1. The molecule has 8 heteroatoms. The molecule has 0 fully saturated rings. The molecule has 1 heterocycles. The molecule has 0 saturated heterocycles. The molecule has 0 saturated carbocycles. The molecule has 0 spiro atoms. The van der Waals surface area contributed by atoms with E-state index in [0.29, 0.717) is 9.39 Å². The number of hydrogen-bond donors (Lipinski definition) is 0. The van der Waals surface area contributed by atoms with Crippen molar-refractivity contribution in [2.24, 2.45) is 0 Å². The van der Waals surface area contributed by atoms with Gasteiger partial charge in [0, 0.05) is 9.13 Å². The molecule has 18 heavy (non-hydrogen) atoms. The standard InChI is InChI=1S/C10H6F3IN4/c1-5-15-17-9(18-16-5)7-3-2-6(14)4-8(7)10(11,12)13/h2-4H,1H3. The third-order valence-corrected chi connectivity index (χ3v) is 2.78. The number of hydrogen-bond acceptors (Lipinski definition) is 4. The Balaban J connectivity index is 2.60. The number of aromatic nitrogens is 4. The van der Waals surface area contributed by atoms with E-state index >= 15 is 0 Å². The molecule has 0 radical (unpaired) electrons. The predicted octanol–water partition coefficient (Wildman–Crippen LogP) is 2.87. The maximum Gasteiger partial charge on any atom is 0.417 e. The van der Waals surface area contributed by atoms with Crippen LogP contribution in [-0.4, -0.2) is 20.4 Å². The van der Waals surface area contributed by atoms with Crippen LogP contribution in [0.15, 0.2) is 18.2 Å². The zero-order valence-corrected chi connectivity index (χ0v) is 11.2. The van der Waals surface area contributed by atoms with Crippen LogP contribution in [0.1, 0.15) is 11.4 Å². The topological polar surface area (TPSA) is 51.6 Å². The number of nitrogens with zero attached hydrogens (tertiary/aromatic N) is 4. The highest BCUT2D eigenvalue weighted by molar-refractivity contribution is 14.1. The second kappa shape index (κ2) is 4.75. The fraction of sp³-hybridized carbons (Fsp3) is 0.200. The molecule has 94 valence electrons. The van der Waals surface area contributed by atoms with Crippen LogP contribution in [0.4, 0.5) is 13.2 Å². The Hall–Kier alpha value is -1.32. The molecular formula is C10H6F3IN4. The lowest BCUT2D eigenvalue weighted by Gasteiger charge is -2.11. The molecule has 1 aromatic carbocycles. The van der Waals surface area contributed by atoms with Crippen LogP contribution in [0.25, 0.3) is 11.4 Å². The zero-order valence-electron chi connectivity index (χ0n) is 9.03. The van der Waals surface area contributed by atoms with Gasteiger partial charge in [-0.15, -0.1) is 20.4 Å². The molecule has 4 nitrogen and oxygen atoms in total. The molecule has 0 aliphatic carbocycles. The van der Waals surface area contributed by atoms with Gasteiger partial charge in [0.25, 0.3) is 0 Å². The van der Waals surface area contributed by atoms with Crippen LogP contribution in [0.5, 0.6) is 0 Å². The largest absolute Gasteiger partial charge is 0.417 e. The lowest BCUT2D eigenvalue weighted by atomic mass is 10.1. The Morgan fingerprint density at radius 3 is 2.22 bits per heavy atom. The second-order valence-corrected chi connectivity index (χ2v) is 4.70. The van der Waals surface area contributed by atoms with E-state index < -0.39 is 11.7 Å². The Kier molecular flexibility index (Phi) is 3.46. The first-order chi connectivity index (χ1) is 8.38. The minimum absolute atomic E-state index is 0.122. The van der Waals surface area contributed by atoms with Crippen LogP contribution in [0.3, 0.4) is 0 Å². The van der Waals surface area contributed by atoms with Crippen molar-refractivity contribution in [2.75, 3.05) is 0 Å². The van der Waals surface area contributed by atoms with Crippen molar-refractivity contribution in [1.29, 1.82) is 0 Å². The van der Waals surface area contributed by atoms with Crippen molar-refractivity contribution >= 4 is 22.6 Å². The van der Waals surface area contributed by atoms with Crippen molar-refractivity contribution in [2.45, 2.75) is 13.1 Å². The molecule has 2 rings (SSSR count). The SMILES string of the molecule is Cc1nnc(-c2ccc(I)cc2C(F)(F)F)nn1. The number of rotatable bonds is 1. The lowest BCUT2D eigenvalue weighted by molar-refractivity contribution is -0.137. The number of alkyl halides is 3. The maximum absolute atomic E-state index is 12.9. The first kappa shape index (κ1) is 13.1. The highest BCUT2D eigenvalue weighted by Crippen LogP contribution is 2.36. The quantitative estimate of drug-likeness (QED) is 0.729. The summed E-state index contributed by atoms with van der Waals surface area (Å²) in [6.45, 7) is 1.56. The van der Waals surface area contributed by atoms with Gasteiger partial charge in [0.15, 0.2) is 5.82 Å². The van der Waals surface area contributed by atoms with Crippen molar-refractivity contribution in [1.82, 2.24) is 20.4 Å². The Labute approximate surface area is 114 Å². The number of aryl methyl sites for hydroxylation is 1. The summed E-state index contributed by atoms with van der Waals surface area (Å²) in [4.78, 5) is 0. The van der Waals surface area contributed by atoms with E-state index in [0.717, 1.165) is 6.07 Å². The van der Waals surface area contributed by atoms with Crippen LogP contribution < -0.4 is 0 Å². The van der Waals surface area contributed by atoms with Gasteiger partial charge in [-0.1, -0.05) is 0 Å². The van der Waals surface area contributed by atoms with E-state index in [1.165, 1.54) is 6.07 Å². The van der Waals surface area contributed by atoms with Crippen LogP contribution in [0, 0.1) is 10.5 Å². The summed E-state index contributed by atoms with van der Waals surface area (Å²) < 4.78 is 39.2. The minimum Gasteiger partial charge on any atom is -0.166 e. The van der Waals surface area contributed by atoms with Gasteiger partial charge in [-0.2, -0.15) is 13.2 Å². The van der Waals surface area contributed by atoms with Gasteiger partial charge >= 0.3 is 6.18 Å². The van der Waals surface area contributed by atoms with Gasteiger partial charge in [0.1, 0.15) is 0 Å². The summed E-state index contributed by atoms with van der Waals surface area (Å²) in [5.41, 5.74) is -0.912. The molecule has 0 amide bonds. The van der Waals surface area contributed by atoms with Gasteiger partial charge in [0.2, 0.25) is 5.82 Å². The Bertz CT molecular complexity index is 568. The average molecular weight is 366 g/mol. The predicted molar refractivity (Wildman–Crippen MR) is 65.5 cm³/mol. The maximum atomic E-state index is 12.9. The fourth-order valence-electron chi connectivity index (χ4n) is 1.33. The van der Waals surface area contributed by atoms with Gasteiger partial charge < -0.3 is 0 Å². The molecule has 0 bridgehead atoms. The molecular weight excluding hydrogens is 360 g/mol. The van der Waals surface area contributed by atoms with E-state index in [2.05, 4.69) is 20.4 Å². The highest BCUT2D eigenvalue weighted by Gasteiger charge is 2.34. The summed E-state index contributed by atoms with van der Waals surface area (Å²) in [5, 5.41) is 14.5. The molecule has 0 aliphatic heterocycles. The first-order valence-corrected chi connectivity index (χ1v) is 5.87. The average Bonchev–Trinajstić information content (AvgIpc) is 2.29. The normalized spacial score (nSPS) is 11.6. The smallest absolute Gasteiger partial charge is 0.166 e. The minimum atomic E-state index is -4.47. The van der Waals surface area contributed by atoms with Crippen LogP contribution in [0.2, 0.25) is 0 Å². The first-order valence-electron chi connectivity index (χ1n) is 4.79. The van der Waals surface area contributed by atoms with Gasteiger partial charge in [0.05, 0.1) is 5.56 Å². The summed E-state index contributed by atoms with van der Waals surface area (Å²) in [6, 6.07) is 3.91. The molecule has 2 aromatic rings. The van der Waals surface area contributed by atoms with E-state index in [1.54, 1.807) is 13.0 Å². The van der Waals surface area contributed by atoms with Gasteiger partial charge in [-0.25, -0.2) is 0 Å². The highest BCUT2D eigenvalue weighted by atomic mass is 127. The Morgan fingerprint density at radius 1 is 1.06 bits per heavy atom. The second-order valence-electron chi connectivity index (χ2n) is 3.46. The fourth-order valence-corrected chi connectivity index (χ4v) is 1.82. The summed E-state index contributed by atoms with van der Waals surface area (Å²) in [5.74, 6) is 0.169. The van der Waals surface area contributed by atoms with Crippen molar-refractivity contribution < 1.29 is 13.2 Å². The summed E-state index contributed by atoms with van der Waals surface area (Å²) in [6.07, 6.45) is -4.47. The monoisotopic (exact) mass is 366 g/mol. The van der Waals surface area contributed by atoms with Crippen LogP contribution in [-0.2, 0) is 6.18 Å². The summed E-state index contributed by atoms with van der Waals surface area (Å²) >= 11 is 1.81. The van der Waals surface area contributed by atoms with Gasteiger partial charge in [-0.05, 0) is 47.7 Å². The van der Waals surface area contributed by atoms with Crippen molar-refractivity contribution in [3.05, 3.63) is 33.2 Å². The van der Waals surface area contributed by atoms with E-state index in [1.807, 2.05) is 22.6 Å². The lowest BCUT2D eigenvalue weighted by Crippen LogP contribution is -2.09. The van der Waals surface area contributed by atoms with Crippen molar-refractivity contribution in [3.63, 3.8) is 0 Å². The number of halogens is 4. The molecule has 1 aromatic heterocycles. The third-order valence-electron chi connectivity index (χ3n) is 2.11. The molecule has 0 aliphatic rings. The van der Waals surface area contributed by atoms with E-state index in [-0.39, 0.29) is 11.4 Å². The van der Waals surface area contributed by atoms with E-state index in [4.69, 9.17) is 0 Å². The van der Waals surface area contributed by atoms with Crippen LogP contribution >= 0.6 is 22.6 Å². The van der Waals surface area contributed by atoms with Gasteiger partial charge in [-0.3, -0.25) is 0 Å². The summed E-state index contributed by atoms with van der Waals surface area (Å²) in [7, 11) is 0. The third kappa shape index (κ3) is 2.74. The molecule has 0 N–H and O–H groups in total. The molecule has 0 atom stereocenters.